The molecule has 0 spiro atoms. The van der Waals surface area contributed by atoms with Crippen LogP contribution < -0.4 is 5.32 Å². The first-order valence-corrected chi connectivity index (χ1v) is 22.8. The summed E-state index contributed by atoms with van der Waals surface area (Å²) in [4.78, 5) is 32.9. The Morgan fingerprint density at radius 1 is 0.569 bits per heavy atom. The van der Waals surface area contributed by atoms with Gasteiger partial charge in [0, 0.05) is 19.0 Å². The highest BCUT2D eigenvalue weighted by Gasteiger charge is 2.51. The minimum atomic E-state index is -0.621. The van der Waals surface area contributed by atoms with Gasteiger partial charge in [-0.25, -0.2) is 0 Å². The summed E-state index contributed by atoms with van der Waals surface area (Å²) in [6.07, 6.45) is 43.2. The fourth-order valence-corrected chi connectivity index (χ4v) is 7.88. The Morgan fingerprint density at radius 3 is 1.49 bits per heavy atom. The van der Waals surface area contributed by atoms with Crippen LogP contribution in [0.15, 0.2) is 12.2 Å². The van der Waals surface area contributed by atoms with Gasteiger partial charge in [-0.15, -0.1) is 0 Å². The summed E-state index contributed by atoms with van der Waals surface area (Å²) in [5.41, 5.74) is -0.621. The van der Waals surface area contributed by atoms with Gasteiger partial charge in [-0.05, 0) is 97.7 Å². The molecule has 2 amide bonds. The van der Waals surface area contributed by atoms with E-state index in [9.17, 15) is 9.59 Å². The lowest BCUT2D eigenvalue weighted by atomic mass is 9.73. The molecule has 1 fully saturated rings. The van der Waals surface area contributed by atoms with Crippen molar-refractivity contribution in [1.82, 2.24) is 15.1 Å². The first-order valence-electron chi connectivity index (χ1n) is 22.8. The highest BCUT2D eigenvalue weighted by atomic mass is 16.2. The minimum Gasteiger partial charge on any atom is -0.354 e. The van der Waals surface area contributed by atoms with Crippen LogP contribution in [0.25, 0.3) is 0 Å². The van der Waals surface area contributed by atoms with Gasteiger partial charge in [-0.1, -0.05) is 161 Å². The maximum absolute atomic E-state index is 14.6. The Kier molecular flexibility index (Phi) is 31.1. The average Bonchev–Trinajstić information content (AvgIpc) is 3.10. The molecule has 0 radical (unpaired) electrons. The summed E-state index contributed by atoms with van der Waals surface area (Å²) in [6, 6.07) is 0. The van der Waals surface area contributed by atoms with Gasteiger partial charge in [0.05, 0.1) is 0 Å². The number of unbranched alkanes of at least 4 members (excludes halogenated alkanes) is 22. The van der Waals surface area contributed by atoms with Crippen LogP contribution in [-0.4, -0.2) is 60.9 Å². The van der Waals surface area contributed by atoms with Crippen molar-refractivity contribution in [3.63, 3.8) is 0 Å². The molecular weight excluding hydrogens is 627 g/mol. The van der Waals surface area contributed by atoms with Gasteiger partial charge < -0.3 is 15.1 Å². The Balaban J connectivity index is 2.62. The SMILES string of the molecule is CCCCCCCC/C=C\CCCCCCCCNC(=O)C1(N(CCCCCN(C)C)C(=O)C(CCCCCC)CCCCCCCC)CCC1. The van der Waals surface area contributed by atoms with Crippen molar-refractivity contribution < 1.29 is 9.59 Å². The average molecular weight is 716 g/mol. The van der Waals surface area contributed by atoms with Crippen LogP contribution in [0, 0.1) is 5.92 Å². The van der Waals surface area contributed by atoms with Crippen LogP contribution >= 0.6 is 0 Å². The molecular formula is C46H89N3O2. The van der Waals surface area contributed by atoms with Crippen molar-refractivity contribution in [2.45, 2.75) is 232 Å². The maximum Gasteiger partial charge on any atom is 0.245 e. The second kappa shape index (κ2) is 33.2. The number of nitrogens with one attached hydrogen (secondary N) is 1. The molecule has 5 heteroatoms. The highest BCUT2D eigenvalue weighted by Crippen LogP contribution is 2.40. The molecule has 0 heterocycles. The van der Waals surface area contributed by atoms with Gasteiger partial charge >= 0.3 is 0 Å². The van der Waals surface area contributed by atoms with Gasteiger partial charge in [0.25, 0.3) is 0 Å². The first kappa shape index (κ1) is 47.7. The first-order chi connectivity index (χ1) is 24.9. The number of rotatable bonds is 37. The molecule has 0 aromatic carbocycles. The third kappa shape index (κ3) is 23.1. The monoisotopic (exact) mass is 716 g/mol. The normalized spacial score (nSPS) is 14.6. The predicted molar refractivity (Wildman–Crippen MR) is 223 cm³/mol. The molecule has 1 aliphatic carbocycles. The van der Waals surface area contributed by atoms with Crippen LogP contribution in [0.4, 0.5) is 0 Å². The topological polar surface area (TPSA) is 52.7 Å². The van der Waals surface area contributed by atoms with Gasteiger partial charge in [0.15, 0.2) is 0 Å². The number of amides is 2. The molecule has 0 aliphatic heterocycles. The Labute approximate surface area is 319 Å². The second-order valence-electron chi connectivity index (χ2n) is 16.5. The van der Waals surface area contributed by atoms with Crippen LogP contribution in [0.5, 0.6) is 0 Å². The fraction of sp³-hybridized carbons (Fsp3) is 0.913. The zero-order chi connectivity index (χ0) is 37.3. The molecule has 0 aromatic heterocycles. The standard InChI is InChI=1S/C46H89N3O2/c1-6-9-12-15-17-18-19-20-21-22-23-24-25-26-28-32-40-47-45(51)46(38-35-39-46)49(42-34-29-33-41-48(4)5)44(50)43(36-30-14-11-8-3)37-31-27-16-13-10-7-2/h20-21,43H,6-19,22-42H2,1-5H3,(H,47,51)/b21-20-. The minimum absolute atomic E-state index is 0.0656. The molecule has 1 unspecified atom stereocenters. The summed E-state index contributed by atoms with van der Waals surface area (Å²) in [7, 11) is 4.26. The number of carbonyl (C=O) groups excluding carboxylic acids is 2. The van der Waals surface area contributed by atoms with Gasteiger partial charge in [0.2, 0.25) is 11.8 Å². The summed E-state index contributed by atoms with van der Waals surface area (Å²) in [5, 5.41) is 3.35. The molecule has 0 saturated heterocycles. The van der Waals surface area contributed by atoms with Gasteiger partial charge in [0.1, 0.15) is 5.54 Å². The van der Waals surface area contributed by atoms with Crippen molar-refractivity contribution in [3.05, 3.63) is 12.2 Å². The van der Waals surface area contributed by atoms with E-state index in [1.54, 1.807) is 0 Å². The summed E-state index contributed by atoms with van der Waals surface area (Å²) < 4.78 is 0. The van der Waals surface area contributed by atoms with E-state index < -0.39 is 5.54 Å². The maximum atomic E-state index is 14.6. The van der Waals surface area contributed by atoms with Crippen LogP contribution in [-0.2, 0) is 9.59 Å². The summed E-state index contributed by atoms with van der Waals surface area (Å²) >= 11 is 0. The van der Waals surface area contributed by atoms with Crippen LogP contribution in [0.2, 0.25) is 0 Å². The van der Waals surface area contributed by atoms with Crippen molar-refractivity contribution >= 4 is 11.8 Å². The van der Waals surface area contributed by atoms with E-state index in [0.717, 1.165) is 90.3 Å². The van der Waals surface area contributed by atoms with Crippen LogP contribution in [0.1, 0.15) is 226 Å². The smallest absolute Gasteiger partial charge is 0.245 e. The van der Waals surface area contributed by atoms with E-state index in [-0.39, 0.29) is 11.8 Å². The largest absolute Gasteiger partial charge is 0.354 e. The zero-order valence-electron chi connectivity index (χ0n) is 35.2. The Hall–Kier alpha value is -1.36. The molecule has 0 bridgehead atoms. The number of carbonyl (C=O) groups is 2. The van der Waals surface area contributed by atoms with E-state index in [4.69, 9.17) is 0 Å². The van der Waals surface area contributed by atoms with Crippen LogP contribution in [0.3, 0.4) is 0 Å². The van der Waals surface area contributed by atoms with E-state index in [2.05, 4.69) is 62.1 Å². The predicted octanol–water partition coefficient (Wildman–Crippen LogP) is 13.0. The Morgan fingerprint density at radius 2 is 1.00 bits per heavy atom. The van der Waals surface area contributed by atoms with E-state index in [1.807, 2.05) is 0 Å². The zero-order valence-corrected chi connectivity index (χ0v) is 35.2. The second-order valence-corrected chi connectivity index (χ2v) is 16.5. The molecule has 1 saturated carbocycles. The molecule has 51 heavy (non-hydrogen) atoms. The third-order valence-corrected chi connectivity index (χ3v) is 11.5. The lowest BCUT2D eigenvalue weighted by molar-refractivity contribution is -0.157. The quantitative estimate of drug-likeness (QED) is 0.0514. The van der Waals surface area contributed by atoms with E-state index in [0.29, 0.717) is 5.91 Å². The number of allylic oxidation sites excluding steroid dienone is 2. The van der Waals surface area contributed by atoms with E-state index >= 15 is 0 Å². The number of hydrogen-bond acceptors (Lipinski definition) is 3. The molecule has 1 atom stereocenters. The lowest BCUT2D eigenvalue weighted by Gasteiger charge is -2.50. The summed E-state index contributed by atoms with van der Waals surface area (Å²) in [5.74, 6) is 0.489. The van der Waals surface area contributed by atoms with Crippen molar-refractivity contribution in [3.8, 4) is 0 Å². The van der Waals surface area contributed by atoms with E-state index in [1.165, 1.54) is 135 Å². The van der Waals surface area contributed by atoms with Crippen molar-refractivity contribution in [2.75, 3.05) is 33.7 Å². The molecule has 300 valence electrons. The number of hydrogen-bond donors (Lipinski definition) is 1. The highest BCUT2D eigenvalue weighted by molar-refractivity contribution is 5.93. The molecule has 1 N–H and O–H groups in total. The molecule has 5 nitrogen and oxygen atoms in total. The fourth-order valence-electron chi connectivity index (χ4n) is 7.88. The third-order valence-electron chi connectivity index (χ3n) is 11.5. The van der Waals surface area contributed by atoms with Gasteiger partial charge in [-0.3, -0.25) is 9.59 Å². The molecule has 1 aliphatic rings. The molecule has 0 aromatic rings. The van der Waals surface area contributed by atoms with Gasteiger partial charge in [-0.2, -0.15) is 0 Å². The lowest BCUT2D eigenvalue weighted by Crippen LogP contribution is -2.65. The molecule has 1 rings (SSSR count). The van der Waals surface area contributed by atoms with Crippen molar-refractivity contribution in [1.29, 1.82) is 0 Å². The van der Waals surface area contributed by atoms with Crippen molar-refractivity contribution in [2.24, 2.45) is 5.92 Å². The Bertz CT molecular complexity index is 836. The number of nitrogens with zero attached hydrogens (tertiary/aromatic N) is 2. The summed E-state index contributed by atoms with van der Waals surface area (Å²) in [6.45, 7) is 9.36.